The van der Waals surface area contributed by atoms with Crippen molar-refractivity contribution in [1.29, 1.82) is 0 Å². The molecule has 0 saturated carbocycles. The summed E-state index contributed by atoms with van der Waals surface area (Å²) >= 11 is 5.97. The molecule has 9 nitrogen and oxygen atoms in total. The van der Waals surface area contributed by atoms with Crippen molar-refractivity contribution in [2.75, 3.05) is 29.9 Å². The van der Waals surface area contributed by atoms with Gasteiger partial charge < -0.3 is 19.7 Å². The second-order valence-electron chi connectivity index (χ2n) is 8.07. The zero-order chi connectivity index (χ0) is 23.3. The Kier molecular flexibility index (Phi) is 6.62. The molecular weight excluding hydrogens is 456 g/mol. The molecule has 1 N–H and O–H groups in total. The van der Waals surface area contributed by atoms with Crippen molar-refractivity contribution >= 4 is 40.2 Å². The number of halogens is 1. The maximum Gasteiger partial charge on any atom is 0.245 e. The van der Waals surface area contributed by atoms with Crippen LogP contribution in [0.2, 0.25) is 5.02 Å². The maximum absolute atomic E-state index is 6.14. The Morgan fingerprint density at radius 3 is 2.56 bits per heavy atom. The van der Waals surface area contributed by atoms with Gasteiger partial charge >= 0.3 is 0 Å². The number of hydrogen-bond acceptors (Lipinski definition) is 9. The third kappa shape index (κ3) is 5.14. The number of nitrogens with one attached hydrogen (secondary N) is 1. The topological polar surface area (TPSA) is 98.4 Å². The van der Waals surface area contributed by atoms with Gasteiger partial charge in [0.05, 0.1) is 6.61 Å². The maximum atomic E-state index is 6.14. The Balaban J connectivity index is 1.33. The summed E-state index contributed by atoms with van der Waals surface area (Å²) < 4.78 is 16.7. The molecule has 2 aromatic carbocycles. The molecule has 10 heteroatoms. The lowest BCUT2D eigenvalue weighted by Gasteiger charge is -2.33. The predicted molar refractivity (Wildman–Crippen MR) is 130 cm³/mol. The number of piperidine rings is 1. The Labute approximate surface area is 202 Å². The average molecular weight is 481 g/mol. The van der Waals surface area contributed by atoms with Crippen LogP contribution < -0.4 is 19.7 Å². The van der Waals surface area contributed by atoms with E-state index in [0.717, 1.165) is 49.5 Å². The van der Waals surface area contributed by atoms with Gasteiger partial charge in [-0.1, -0.05) is 24.6 Å². The number of rotatable bonds is 8. The van der Waals surface area contributed by atoms with E-state index in [0.29, 0.717) is 34.6 Å². The standard InChI is InChI=1S/C24H25ClN6O3/c1-2-14-32-20-5-3-4-17(15-20)26-23-24(28-22-21(27-23)29-34-30-22)31-12-10-19(11-13-31)33-18-8-6-16(25)7-9-18/h3-9,15,19H,2,10-14H2,1H3,(H,26,27,29). The molecule has 1 fully saturated rings. The summed E-state index contributed by atoms with van der Waals surface area (Å²) in [5.74, 6) is 2.91. The first kappa shape index (κ1) is 22.2. The van der Waals surface area contributed by atoms with Crippen LogP contribution in [0.3, 0.4) is 0 Å². The normalized spacial score (nSPS) is 14.4. The fourth-order valence-corrected chi connectivity index (χ4v) is 3.97. The highest BCUT2D eigenvalue weighted by Gasteiger charge is 2.25. The van der Waals surface area contributed by atoms with Crippen LogP contribution in [-0.4, -0.2) is 46.1 Å². The molecule has 0 radical (unpaired) electrons. The van der Waals surface area contributed by atoms with E-state index in [4.69, 9.17) is 30.7 Å². The summed E-state index contributed by atoms with van der Waals surface area (Å²) in [7, 11) is 0. The van der Waals surface area contributed by atoms with Crippen LogP contribution in [-0.2, 0) is 0 Å². The number of aromatic nitrogens is 4. The Hall–Kier alpha value is -3.59. The van der Waals surface area contributed by atoms with Crippen molar-refractivity contribution in [1.82, 2.24) is 20.3 Å². The van der Waals surface area contributed by atoms with E-state index in [-0.39, 0.29) is 6.10 Å². The van der Waals surface area contributed by atoms with Crippen LogP contribution in [0, 0.1) is 0 Å². The molecule has 0 unspecified atom stereocenters. The SMILES string of the molecule is CCCOc1cccc(Nc2nc3nonc3nc2N2CCC(Oc3ccc(Cl)cc3)CC2)c1. The van der Waals surface area contributed by atoms with E-state index in [2.05, 4.69) is 32.4 Å². The minimum Gasteiger partial charge on any atom is -0.494 e. The minimum absolute atomic E-state index is 0.117. The van der Waals surface area contributed by atoms with Crippen LogP contribution in [0.1, 0.15) is 26.2 Å². The summed E-state index contributed by atoms with van der Waals surface area (Å²) in [6.45, 7) is 4.27. The van der Waals surface area contributed by atoms with Crippen molar-refractivity contribution < 1.29 is 14.1 Å². The number of nitrogens with zero attached hydrogens (tertiary/aromatic N) is 5. The van der Waals surface area contributed by atoms with Crippen molar-refractivity contribution in [3.8, 4) is 11.5 Å². The van der Waals surface area contributed by atoms with E-state index in [1.807, 2.05) is 48.5 Å². The highest BCUT2D eigenvalue weighted by molar-refractivity contribution is 6.30. The highest BCUT2D eigenvalue weighted by atomic mass is 35.5. The molecule has 1 aliphatic heterocycles. The Morgan fingerprint density at radius 1 is 1.03 bits per heavy atom. The van der Waals surface area contributed by atoms with Gasteiger partial charge in [-0.25, -0.2) is 14.6 Å². The fourth-order valence-electron chi connectivity index (χ4n) is 3.85. The minimum atomic E-state index is 0.117. The summed E-state index contributed by atoms with van der Waals surface area (Å²) in [4.78, 5) is 11.5. The van der Waals surface area contributed by atoms with E-state index < -0.39 is 0 Å². The molecule has 0 amide bonds. The molecule has 1 aliphatic rings. The number of hydrogen-bond donors (Lipinski definition) is 1. The third-order valence-electron chi connectivity index (χ3n) is 5.52. The fraction of sp³-hybridized carbons (Fsp3) is 0.333. The summed E-state index contributed by atoms with van der Waals surface area (Å²) in [6, 6.07) is 15.2. The third-order valence-corrected chi connectivity index (χ3v) is 5.78. The number of benzene rings is 2. The van der Waals surface area contributed by atoms with Crippen molar-refractivity contribution in [3.05, 3.63) is 53.6 Å². The first-order chi connectivity index (χ1) is 16.7. The quantitative estimate of drug-likeness (QED) is 0.362. The molecule has 1 saturated heterocycles. The van der Waals surface area contributed by atoms with Gasteiger partial charge in [0.1, 0.15) is 17.6 Å². The number of fused-ring (bicyclic) bond motifs is 1. The lowest BCUT2D eigenvalue weighted by Crippen LogP contribution is -2.39. The first-order valence-electron chi connectivity index (χ1n) is 11.4. The second kappa shape index (κ2) is 10.1. The van der Waals surface area contributed by atoms with Gasteiger partial charge in [0, 0.05) is 42.7 Å². The van der Waals surface area contributed by atoms with E-state index in [9.17, 15) is 0 Å². The van der Waals surface area contributed by atoms with Gasteiger partial charge in [-0.2, -0.15) is 0 Å². The number of anilines is 3. The number of ether oxygens (including phenoxy) is 2. The van der Waals surface area contributed by atoms with Crippen LogP contribution >= 0.6 is 11.6 Å². The van der Waals surface area contributed by atoms with Gasteiger partial charge in [-0.3, -0.25) is 0 Å². The van der Waals surface area contributed by atoms with Crippen LogP contribution in [0.25, 0.3) is 11.3 Å². The van der Waals surface area contributed by atoms with Gasteiger partial charge in [0.2, 0.25) is 11.3 Å². The van der Waals surface area contributed by atoms with E-state index >= 15 is 0 Å². The van der Waals surface area contributed by atoms with Gasteiger partial charge in [-0.05, 0) is 53.1 Å². The van der Waals surface area contributed by atoms with Crippen molar-refractivity contribution in [3.63, 3.8) is 0 Å². The van der Waals surface area contributed by atoms with Crippen LogP contribution in [0.15, 0.2) is 53.2 Å². The van der Waals surface area contributed by atoms with Crippen molar-refractivity contribution in [2.24, 2.45) is 0 Å². The largest absolute Gasteiger partial charge is 0.494 e. The van der Waals surface area contributed by atoms with Crippen LogP contribution in [0.5, 0.6) is 11.5 Å². The predicted octanol–water partition coefficient (Wildman–Crippen LogP) is 5.25. The average Bonchev–Trinajstić information content (AvgIpc) is 3.32. The molecule has 4 aromatic rings. The molecule has 0 spiro atoms. The van der Waals surface area contributed by atoms with Crippen LogP contribution in [0.4, 0.5) is 17.3 Å². The molecule has 3 heterocycles. The second-order valence-corrected chi connectivity index (χ2v) is 8.50. The lowest BCUT2D eigenvalue weighted by atomic mass is 10.1. The van der Waals surface area contributed by atoms with E-state index in [1.165, 1.54) is 0 Å². The highest BCUT2D eigenvalue weighted by Crippen LogP contribution is 2.31. The molecule has 2 aromatic heterocycles. The van der Waals surface area contributed by atoms with Gasteiger partial charge in [-0.15, -0.1) is 0 Å². The summed E-state index contributed by atoms with van der Waals surface area (Å²) in [6.07, 6.45) is 2.76. The molecular formula is C24H25ClN6O3. The van der Waals surface area contributed by atoms with E-state index in [1.54, 1.807) is 0 Å². The molecule has 0 aliphatic carbocycles. The summed E-state index contributed by atoms with van der Waals surface area (Å²) in [5.41, 5.74) is 1.58. The van der Waals surface area contributed by atoms with Crippen molar-refractivity contribution in [2.45, 2.75) is 32.3 Å². The van der Waals surface area contributed by atoms with Gasteiger partial charge in [0.15, 0.2) is 11.6 Å². The Morgan fingerprint density at radius 2 is 1.79 bits per heavy atom. The molecule has 0 atom stereocenters. The smallest absolute Gasteiger partial charge is 0.245 e. The zero-order valence-corrected chi connectivity index (χ0v) is 19.5. The molecule has 176 valence electrons. The zero-order valence-electron chi connectivity index (χ0n) is 18.8. The molecule has 5 rings (SSSR count). The Bertz CT molecular complexity index is 1240. The molecule has 0 bridgehead atoms. The lowest BCUT2D eigenvalue weighted by molar-refractivity contribution is 0.171. The first-order valence-corrected chi connectivity index (χ1v) is 11.7. The monoisotopic (exact) mass is 480 g/mol. The molecule has 34 heavy (non-hydrogen) atoms. The summed E-state index contributed by atoms with van der Waals surface area (Å²) in [5, 5.41) is 11.8. The van der Waals surface area contributed by atoms with Gasteiger partial charge in [0.25, 0.3) is 0 Å².